The van der Waals surface area contributed by atoms with Crippen LogP contribution in [0.4, 0.5) is 5.82 Å². The minimum absolute atomic E-state index is 0.242. The first-order valence-corrected chi connectivity index (χ1v) is 12.4. The number of aromatic nitrogens is 4. The number of carbonyl (C=O) groups is 1. The van der Waals surface area contributed by atoms with E-state index in [0.29, 0.717) is 12.1 Å². The maximum Gasteiger partial charge on any atom is 0.223 e. The van der Waals surface area contributed by atoms with Gasteiger partial charge in [-0.2, -0.15) is 5.10 Å². The highest BCUT2D eigenvalue weighted by molar-refractivity contribution is 5.90. The summed E-state index contributed by atoms with van der Waals surface area (Å²) in [5.41, 5.74) is 3.96. The van der Waals surface area contributed by atoms with E-state index in [9.17, 15) is 4.79 Å². The topological polar surface area (TPSA) is 84.7 Å². The Hall–Kier alpha value is -2.96. The normalized spacial score (nSPS) is 21.4. The third-order valence-corrected chi connectivity index (χ3v) is 7.20. The first-order chi connectivity index (χ1) is 16.0. The van der Waals surface area contributed by atoms with E-state index in [2.05, 4.69) is 35.8 Å². The van der Waals surface area contributed by atoms with Crippen LogP contribution in [0.2, 0.25) is 0 Å². The zero-order valence-corrected chi connectivity index (χ0v) is 19.9. The lowest BCUT2D eigenvalue weighted by Crippen LogP contribution is -2.42. The van der Waals surface area contributed by atoms with Gasteiger partial charge in [-0.25, -0.2) is 14.6 Å². The Morgan fingerprint density at radius 2 is 1.70 bits per heavy atom. The molecule has 2 aliphatic carbocycles. The summed E-state index contributed by atoms with van der Waals surface area (Å²) in [4.78, 5) is 22.0. The zero-order valence-electron chi connectivity index (χ0n) is 19.9. The van der Waals surface area contributed by atoms with Crippen molar-refractivity contribution in [1.82, 2.24) is 25.1 Å². The fraction of sp³-hybridized carbons (Fsp3) is 0.538. The summed E-state index contributed by atoms with van der Waals surface area (Å²) >= 11 is 0. The van der Waals surface area contributed by atoms with E-state index >= 15 is 0 Å². The highest BCUT2D eigenvalue weighted by Gasteiger charge is 2.28. The Kier molecular flexibility index (Phi) is 6.04. The predicted octanol–water partition coefficient (Wildman–Crippen LogP) is 4.77. The Morgan fingerprint density at radius 1 is 0.970 bits per heavy atom. The molecule has 1 aromatic carbocycles. The second kappa shape index (κ2) is 9.12. The maximum atomic E-state index is 12.5. The van der Waals surface area contributed by atoms with Gasteiger partial charge in [0.1, 0.15) is 11.6 Å². The number of aryl methyl sites for hydroxylation is 3. The Labute approximate surface area is 195 Å². The van der Waals surface area contributed by atoms with Crippen LogP contribution in [0.5, 0.6) is 0 Å². The Bertz CT molecular complexity index is 1160. The van der Waals surface area contributed by atoms with E-state index in [0.717, 1.165) is 72.6 Å². The first-order valence-electron chi connectivity index (χ1n) is 12.4. The van der Waals surface area contributed by atoms with Crippen LogP contribution in [-0.4, -0.2) is 37.7 Å². The molecule has 2 fully saturated rings. The van der Waals surface area contributed by atoms with Crippen LogP contribution in [-0.2, 0) is 4.79 Å². The summed E-state index contributed by atoms with van der Waals surface area (Å²) in [5.74, 6) is 2.12. The predicted molar refractivity (Wildman–Crippen MR) is 131 cm³/mol. The van der Waals surface area contributed by atoms with Crippen molar-refractivity contribution in [3.8, 4) is 5.69 Å². The molecule has 0 radical (unpaired) electrons. The molecule has 2 heterocycles. The summed E-state index contributed by atoms with van der Waals surface area (Å²) < 4.78 is 1.92. The van der Waals surface area contributed by atoms with Gasteiger partial charge < -0.3 is 10.6 Å². The molecule has 7 nitrogen and oxygen atoms in total. The van der Waals surface area contributed by atoms with Crippen molar-refractivity contribution in [3.63, 3.8) is 0 Å². The standard InChI is InChI=1S/C26H34N6O/c1-16-7-6-10-22(15-16)32-25-23(17(2)31-32)24(27-18(3)28-25)29-20-11-13-21(14-12-20)30-26(33)19-8-4-5-9-19/h6-7,10,15,19-21H,4-5,8-9,11-14H2,1-3H3,(H,30,33)(H,27,28,29). The smallest absolute Gasteiger partial charge is 0.223 e. The lowest BCUT2D eigenvalue weighted by atomic mass is 9.90. The Balaban J connectivity index is 1.31. The molecule has 7 heteroatoms. The number of hydrogen-bond acceptors (Lipinski definition) is 5. The number of hydrogen-bond donors (Lipinski definition) is 2. The molecule has 0 unspecified atom stereocenters. The van der Waals surface area contributed by atoms with E-state index in [1.165, 1.54) is 18.4 Å². The second-order valence-corrected chi connectivity index (χ2v) is 9.84. The van der Waals surface area contributed by atoms with Gasteiger partial charge in [0.15, 0.2) is 5.65 Å². The number of rotatable bonds is 5. The van der Waals surface area contributed by atoms with Crippen LogP contribution in [0.3, 0.4) is 0 Å². The number of amides is 1. The summed E-state index contributed by atoms with van der Waals surface area (Å²) in [5, 5.41) is 12.8. The van der Waals surface area contributed by atoms with E-state index < -0.39 is 0 Å². The van der Waals surface area contributed by atoms with Gasteiger partial charge >= 0.3 is 0 Å². The summed E-state index contributed by atoms with van der Waals surface area (Å²) in [6.45, 7) is 6.04. The van der Waals surface area contributed by atoms with Gasteiger partial charge in [0, 0.05) is 18.0 Å². The highest BCUT2D eigenvalue weighted by atomic mass is 16.1. The molecule has 0 atom stereocenters. The van der Waals surface area contributed by atoms with Gasteiger partial charge in [-0.1, -0.05) is 25.0 Å². The molecular formula is C26H34N6O. The Morgan fingerprint density at radius 3 is 2.42 bits per heavy atom. The summed E-state index contributed by atoms with van der Waals surface area (Å²) in [6.07, 6.45) is 8.55. The number of anilines is 1. The molecule has 2 aromatic heterocycles. The van der Waals surface area contributed by atoms with Crippen LogP contribution in [0, 0.1) is 26.7 Å². The third kappa shape index (κ3) is 4.59. The minimum atomic E-state index is 0.242. The molecule has 33 heavy (non-hydrogen) atoms. The molecule has 2 N–H and O–H groups in total. The largest absolute Gasteiger partial charge is 0.367 e. The maximum absolute atomic E-state index is 12.5. The average molecular weight is 447 g/mol. The van der Waals surface area contributed by atoms with Crippen LogP contribution in [0.25, 0.3) is 16.7 Å². The van der Waals surface area contributed by atoms with Crippen molar-refractivity contribution in [1.29, 1.82) is 0 Å². The fourth-order valence-corrected chi connectivity index (χ4v) is 5.42. The summed E-state index contributed by atoms with van der Waals surface area (Å²) in [6, 6.07) is 8.95. The number of fused-ring (bicyclic) bond motifs is 1. The van der Waals surface area contributed by atoms with Crippen molar-refractivity contribution in [2.24, 2.45) is 5.92 Å². The molecule has 5 rings (SSSR count). The van der Waals surface area contributed by atoms with Gasteiger partial charge in [-0.3, -0.25) is 4.79 Å². The van der Waals surface area contributed by atoms with Gasteiger partial charge in [0.25, 0.3) is 0 Å². The average Bonchev–Trinajstić information content (AvgIpc) is 3.44. The molecule has 0 spiro atoms. The molecular weight excluding hydrogens is 412 g/mol. The van der Waals surface area contributed by atoms with Gasteiger partial charge in [0.2, 0.25) is 5.91 Å². The van der Waals surface area contributed by atoms with E-state index in [-0.39, 0.29) is 11.8 Å². The molecule has 2 saturated carbocycles. The molecule has 0 bridgehead atoms. The van der Waals surface area contributed by atoms with Crippen molar-refractivity contribution in [3.05, 3.63) is 41.3 Å². The monoisotopic (exact) mass is 446 g/mol. The minimum Gasteiger partial charge on any atom is -0.367 e. The van der Waals surface area contributed by atoms with E-state index in [1.807, 2.05) is 24.6 Å². The lowest BCUT2D eigenvalue weighted by Gasteiger charge is -2.30. The molecule has 2 aliphatic rings. The van der Waals surface area contributed by atoms with E-state index in [1.54, 1.807) is 0 Å². The van der Waals surface area contributed by atoms with Crippen LogP contribution in [0.1, 0.15) is 68.4 Å². The molecule has 0 saturated heterocycles. The number of carbonyl (C=O) groups excluding carboxylic acids is 1. The van der Waals surface area contributed by atoms with Crippen LogP contribution >= 0.6 is 0 Å². The molecule has 3 aromatic rings. The van der Waals surface area contributed by atoms with Gasteiger partial charge in [0.05, 0.1) is 16.8 Å². The SMILES string of the molecule is Cc1cccc(-n2nc(C)c3c(NC4CCC(NC(=O)C5CCCC5)CC4)nc(C)nc32)c1. The van der Waals surface area contributed by atoms with Crippen molar-refractivity contribution in [2.45, 2.75) is 84.2 Å². The number of nitrogens with zero attached hydrogens (tertiary/aromatic N) is 4. The second-order valence-electron chi connectivity index (χ2n) is 9.84. The third-order valence-electron chi connectivity index (χ3n) is 7.20. The lowest BCUT2D eigenvalue weighted by molar-refractivity contribution is -0.125. The summed E-state index contributed by atoms with van der Waals surface area (Å²) in [7, 11) is 0. The molecule has 0 aliphatic heterocycles. The van der Waals surface area contributed by atoms with Crippen LogP contribution < -0.4 is 10.6 Å². The quantitative estimate of drug-likeness (QED) is 0.590. The zero-order chi connectivity index (χ0) is 22.9. The van der Waals surface area contributed by atoms with E-state index in [4.69, 9.17) is 15.1 Å². The van der Waals surface area contributed by atoms with Crippen molar-refractivity contribution >= 4 is 22.8 Å². The van der Waals surface area contributed by atoms with Crippen molar-refractivity contribution < 1.29 is 4.79 Å². The van der Waals surface area contributed by atoms with Gasteiger partial charge in [-0.15, -0.1) is 0 Å². The fourth-order valence-electron chi connectivity index (χ4n) is 5.42. The van der Waals surface area contributed by atoms with Crippen LogP contribution in [0.15, 0.2) is 24.3 Å². The highest BCUT2D eigenvalue weighted by Crippen LogP contribution is 2.30. The van der Waals surface area contributed by atoms with Crippen molar-refractivity contribution in [2.75, 3.05) is 5.32 Å². The number of benzene rings is 1. The first kappa shape index (κ1) is 21.9. The van der Waals surface area contributed by atoms with Gasteiger partial charge in [-0.05, 0) is 77.0 Å². The number of nitrogens with one attached hydrogen (secondary N) is 2. The molecule has 174 valence electrons. The molecule has 1 amide bonds.